The molecule has 0 saturated heterocycles. The Labute approximate surface area is 227 Å². The summed E-state index contributed by atoms with van der Waals surface area (Å²) in [5, 5.41) is 5.66. The van der Waals surface area contributed by atoms with Crippen molar-refractivity contribution in [1.29, 1.82) is 0 Å². The number of methoxy groups -OCH3 is 3. The number of hydrogen-bond acceptors (Lipinski definition) is 8. The molecule has 1 aromatic rings. The van der Waals surface area contributed by atoms with Crippen LogP contribution in [0, 0.1) is 11.7 Å². The van der Waals surface area contributed by atoms with Crippen LogP contribution in [-0.4, -0.2) is 52.4 Å². The molecule has 1 unspecified atom stereocenters. The summed E-state index contributed by atoms with van der Waals surface area (Å²) in [7, 11) is 6.16. The molecule has 206 valence electrons. The maximum Gasteiger partial charge on any atom is 0.267 e. The number of anilines is 1. The van der Waals surface area contributed by atoms with Crippen LogP contribution in [0.2, 0.25) is 0 Å². The molecule has 1 aliphatic carbocycles. The fraction of sp³-hybridized carbons (Fsp3) is 0.276. The lowest BCUT2D eigenvalue weighted by atomic mass is 9.96. The molecule has 3 rings (SSSR count). The molecule has 2 aliphatic rings. The number of rotatable bonds is 11. The van der Waals surface area contributed by atoms with Gasteiger partial charge in [-0.2, -0.15) is 0 Å². The number of nitrogens with one attached hydrogen (secondary N) is 2. The van der Waals surface area contributed by atoms with E-state index < -0.39 is 5.82 Å². The molecule has 1 atom stereocenters. The molecule has 9 nitrogen and oxygen atoms in total. The summed E-state index contributed by atoms with van der Waals surface area (Å²) < 4.78 is 36.5. The summed E-state index contributed by atoms with van der Waals surface area (Å²) in [4.78, 5) is 21.0. The molecule has 0 spiro atoms. The van der Waals surface area contributed by atoms with Gasteiger partial charge < -0.3 is 29.6 Å². The van der Waals surface area contributed by atoms with Crippen LogP contribution < -0.4 is 15.4 Å². The zero-order valence-electron chi connectivity index (χ0n) is 22.5. The maximum absolute atomic E-state index is 15.0. The van der Waals surface area contributed by atoms with Crippen molar-refractivity contribution in [2.75, 3.05) is 40.2 Å². The van der Waals surface area contributed by atoms with E-state index in [1.165, 1.54) is 32.4 Å². The minimum absolute atomic E-state index is 0.0737. The van der Waals surface area contributed by atoms with Crippen LogP contribution >= 0.6 is 0 Å². The Hall–Kier alpha value is -4.60. The van der Waals surface area contributed by atoms with Gasteiger partial charge in [0.1, 0.15) is 11.5 Å². The van der Waals surface area contributed by atoms with Crippen LogP contribution in [0.3, 0.4) is 0 Å². The normalized spacial score (nSPS) is 18.7. The van der Waals surface area contributed by atoms with Crippen molar-refractivity contribution in [3.05, 3.63) is 96.2 Å². The number of carbonyl (C=O) groups is 1. The van der Waals surface area contributed by atoms with E-state index in [4.69, 9.17) is 18.9 Å². The summed E-state index contributed by atoms with van der Waals surface area (Å²) in [6.07, 6.45) is 10.7. The van der Waals surface area contributed by atoms with Crippen LogP contribution in [0.1, 0.15) is 12.8 Å². The first-order chi connectivity index (χ1) is 18.8. The molecule has 1 aliphatic heterocycles. The first-order valence-electron chi connectivity index (χ1n) is 12.2. The molecule has 0 fully saturated rings. The van der Waals surface area contributed by atoms with Crippen LogP contribution in [0.4, 0.5) is 10.1 Å². The summed E-state index contributed by atoms with van der Waals surface area (Å²) in [5.74, 6) is 0.815. The van der Waals surface area contributed by atoms with Crippen molar-refractivity contribution in [3.8, 4) is 5.75 Å². The van der Waals surface area contributed by atoms with E-state index in [0.29, 0.717) is 35.3 Å². The third-order valence-corrected chi connectivity index (χ3v) is 5.92. The number of ether oxygens (including phenoxy) is 4. The summed E-state index contributed by atoms with van der Waals surface area (Å²) in [6.45, 7) is 7.99. The molecule has 10 heteroatoms. The van der Waals surface area contributed by atoms with Gasteiger partial charge in [0.25, 0.3) is 11.8 Å². The fourth-order valence-corrected chi connectivity index (χ4v) is 3.80. The molecule has 39 heavy (non-hydrogen) atoms. The maximum atomic E-state index is 15.0. The van der Waals surface area contributed by atoms with Gasteiger partial charge in [-0.1, -0.05) is 19.2 Å². The summed E-state index contributed by atoms with van der Waals surface area (Å²) in [5.41, 5.74) is 1.17. The largest absolute Gasteiger partial charge is 0.497 e. The van der Waals surface area contributed by atoms with Crippen molar-refractivity contribution in [3.63, 3.8) is 0 Å². The number of carbonyl (C=O) groups excluding carboxylic acids is 1. The summed E-state index contributed by atoms with van der Waals surface area (Å²) in [6, 6.07) is 4.19. The van der Waals surface area contributed by atoms with Gasteiger partial charge in [-0.05, 0) is 49.1 Å². The van der Waals surface area contributed by atoms with Gasteiger partial charge in [0, 0.05) is 31.4 Å². The minimum atomic E-state index is -0.671. The van der Waals surface area contributed by atoms with Crippen LogP contribution in [0.15, 0.2) is 100 Å². The number of amides is 1. The average molecular weight is 537 g/mol. The number of nitrogens with zero attached hydrogens (tertiary/aromatic N) is 2. The molecular weight excluding hydrogens is 503 g/mol. The Morgan fingerprint density at radius 1 is 1.26 bits per heavy atom. The van der Waals surface area contributed by atoms with Gasteiger partial charge in [-0.15, -0.1) is 0 Å². The number of halogens is 1. The predicted molar refractivity (Wildman–Crippen MR) is 150 cm³/mol. The molecule has 0 saturated carbocycles. The standard InChI is InChI=1S/C29H33FN4O5/c1-7-24(27-23(31-3)17-26(37-5)29(34-27)38-6)39-25-13-10-20(16-22(25)30)33-18(2)28(35)32-15-14-19-8-11-21(36-4)12-9-19/h7-8,10-13,16-17,19,33H,1-2,9,14-15H2,3-6H3,(H,32,35)/b27-24-,31-23?. The Morgan fingerprint density at radius 2 is 2.05 bits per heavy atom. The fourth-order valence-electron chi connectivity index (χ4n) is 3.80. The van der Waals surface area contributed by atoms with E-state index in [-0.39, 0.29) is 29.0 Å². The Kier molecular flexibility index (Phi) is 10.3. The van der Waals surface area contributed by atoms with Gasteiger partial charge in [-0.25, -0.2) is 9.38 Å². The molecular formula is C29H33FN4O5. The van der Waals surface area contributed by atoms with E-state index >= 15 is 0 Å². The lowest BCUT2D eigenvalue weighted by molar-refractivity contribution is -0.117. The van der Waals surface area contributed by atoms with E-state index in [1.807, 2.05) is 12.2 Å². The number of dihydropyridines is 1. The summed E-state index contributed by atoms with van der Waals surface area (Å²) >= 11 is 0. The monoisotopic (exact) mass is 536 g/mol. The predicted octanol–water partition coefficient (Wildman–Crippen LogP) is 4.80. The molecule has 0 bridgehead atoms. The number of allylic oxidation sites excluding steroid dienone is 5. The smallest absolute Gasteiger partial charge is 0.267 e. The molecule has 1 aromatic carbocycles. The van der Waals surface area contributed by atoms with Crippen LogP contribution in [0.25, 0.3) is 0 Å². The Bertz CT molecular complexity index is 1310. The van der Waals surface area contributed by atoms with E-state index in [2.05, 4.69) is 39.9 Å². The molecule has 0 aromatic heterocycles. The molecule has 2 N–H and O–H groups in total. The van der Waals surface area contributed by atoms with E-state index in [0.717, 1.165) is 18.6 Å². The SMILES string of the molecule is C=C/C(Oc1ccc(NC(=C)C(=O)NCCC2C=CC(OC)=CC2)cc1F)=C1/N=C(OC)C(OC)=CC1=NC. The lowest BCUT2D eigenvalue weighted by Crippen LogP contribution is -2.29. The van der Waals surface area contributed by atoms with Crippen molar-refractivity contribution in [2.45, 2.75) is 12.8 Å². The minimum Gasteiger partial charge on any atom is -0.497 e. The lowest BCUT2D eigenvalue weighted by Gasteiger charge is -2.18. The van der Waals surface area contributed by atoms with Crippen molar-refractivity contribution in [2.24, 2.45) is 15.9 Å². The van der Waals surface area contributed by atoms with E-state index in [1.54, 1.807) is 26.3 Å². The Morgan fingerprint density at radius 3 is 2.64 bits per heavy atom. The molecule has 1 heterocycles. The quantitative estimate of drug-likeness (QED) is 0.311. The highest BCUT2D eigenvalue weighted by Gasteiger charge is 2.23. The topological polar surface area (TPSA) is 103 Å². The second-order valence-corrected chi connectivity index (χ2v) is 8.42. The highest BCUT2D eigenvalue weighted by molar-refractivity contribution is 6.16. The second kappa shape index (κ2) is 13.8. The first kappa shape index (κ1) is 29.0. The average Bonchev–Trinajstić information content (AvgIpc) is 2.96. The van der Waals surface area contributed by atoms with Gasteiger partial charge in [0.2, 0.25) is 0 Å². The molecule has 1 amide bonds. The second-order valence-electron chi connectivity index (χ2n) is 8.42. The van der Waals surface area contributed by atoms with Gasteiger partial charge >= 0.3 is 0 Å². The number of benzene rings is 1. The Balaban J connectivity index is 1.62. The van der Waals surface area contributed by atoms with Gasteiger partial charge in [-0.3, -0.25) is 9.79 Å². The zero-order valence-corrected chi connectivity index (χ0v) is 22.5. The first-order valence-corrected chi connectivity index (χ1v) is 12.2. The van der Waals surface area contributed by atoms with Crippen molar-refractivity contribution < 1.29 is 28.1 Å². The van der Waals surface area contributed by atoms with Crippen LogP contribution in [-0.2, 0) is 19.0 Å². The third-order valence-electron chi connectivity index (χ3n) is 5.92. The highest BCUT2D eigenvalue weighted by atomic mass is 19.1. The number of aliphatic imine (C=N–C) groups is 2. The molecule has 0 radical (unpaired) electrons. The van der Waals surface area contributed by atoms with Gasteiger partial charge in [0.05, 0.1) is 32.7 Å². The van der Waals surface area contributed by atoms with Gasteiger partial charge in [0.15, 0.2) is 23.1 Å². The van der Waals surface area contributed by atoms with E-state index in [9.17, 15) is 9.18 Å². The highest BCUT2D eigenvalue weighted by Crippen LogP contribution is 2.27. The van der Waals surface area contributed by atoms with Crippen molar-refractivity contribution >= 4 is 23.2 Å². The third kappa shape index (κ3) is 7.47. The van der Waals surface area contributed by atoms with Crippen molar-refractivity contribution in [1.82, 2.24) is 5.32 Å². The van der Waals surface area contributed by atoms with Crippen LogP contribution in [0.5, 0.6) is 5.75 Å². The zero-order chi connectivity index (χ0) is 28.4. The number of hydrogen-bond donors (Lipinski definition) is 2.